The fourth-order valence-corrected chi connectivity index (χ4v) is 2.69. The Morgan fingerprint density at radius 2 is 1.88 bits per heavy atom. The fraction of sp³-hybridized carbons (Fsp3) is 0.579. The van der Waals surface area contributed by atoms with E-state index in [9.17, 15) is 4.79 Å². The maximum Gasteiger partial charge on any atom is 0.222 e. The number of carbonyl (C=O) groups is 1. The third-order valence-corrected chi connectivity index (χ3v) is 4.31. The number of anilines is 1. The lowest BCUT2D eigenvalue weighted by Crippen LogP contribution is -2.40. The Balaban J connectivity index is 0.00000312. The van der Waals surface area contributed by atoms with Gasteiger partial charge in [-0.2, -0.15) is 0 Å². The standard InChI is InChI=1S/C19H30N4O.HI/c1-3-16(2)21-18(24)12-13-20-19(23-14-8-5-9-15-23)22-17-10-6-4-7-11-17;/h4,6-7,10-11,16H,3,5,8-9,12-15H2,1-2H3,(H,20,22)(H,21,24);1H. The van der Waals surface area contributed by atoms with Gasteiger partial charge in [-0.05, 0) is 44.7 Å². The second-order valence-electron chi connectivity index (χ2n) is 6.37. The van der Waals surface area contributed by atoms with Crippen LogP contribution < -0.4 is 10.6 Å². The molecule has 1 aliphatic rings. The van der Waals surface area contributed by atoms with Gasteiger partial charge in [-0.25, -0.2) is 0 Å². The number of likely N-dealkylation sites (tertiary alicyclic amines) is 1. The average molecular weight is 458 g/mol. The molecule has 0 spiro atoms. The van der Waals surface area contributed by atoms with E-state index in [2.05, 4.69) is 27.4 Å². The number of para-hydroxylation sites is 1. The fourth-order valence-electron chi connectivity index (χ4n) is 2.69. The lowest BCUT2D eigenvalue weighted by atomic mass is 10.1. The van der Waals surface area contributed by atoms with Crippen LogP contribution in [0.5, 0.6) is 0 Å². The first-order valence-corrected chi connectivity index (χ1v) is 9.10. The maximum atomic E-state index is 11.9. The Morgan fingerprint density at radius 1 is 1.20 bits per heavy atom. The van der Waals surface area contributed by atoms with Crippen LogP contribution in [-0.4, -0.2) is 42.4 Å². The Kier molecular flexibility index (Phi) is 10.5. The summed E-state index contributed by atoms with van der Waals surface area (Å²) in [7, 11) is 0. The lowest BCUT2D eigenvalue weighted by Gasteiger charge is -2.30. The molecule has 140 valence electrons. The summed E-state index contributed by atoms with van der Waals surface area (Å²) in [5.74, 6) is 0.961. The third-order valence-electron chi connectivity index (χ3n) is 4.31. The number of amides is 1. The Labute approximate surface area is 168 Å². The molecule has 1 amide bonds. The number of hydrogen-bond acceptors (Lipinski definition) is 2. The molecular weight excluding hydrogens is 427 g/mol. The normalized spacial score (nSPS) is 15.9. The average Bonchev–Trinajstić information content (AvgIpc) is 2.62. The highest BCUT2D eigenvalue weighted by molar-refractivity contribution is 14.0. The van der Waals surface area contributed by atoms with Gasteiger partial charge in [0.1, 0.15) is 0 Å². The van der Waals surface area contributed by atoms with Crippen LogP contribution >= 0.6 is 24.0 Å². The van der Waals surface area contributed by atoms with E-state index >= 15 is 0 Å². The summed E-state index contributed by atoms with van der Waals surface area (Å²) < 4.78 is 0. The minimum Gasteiger partial charge on any atom is -0.354 e. The smallest absolute Gasteiger partial charge is 0.222 e. The number of guanidine groups is 1. The van der Waals surface area contributed by atoms with Gasteiger partial charge in [0.15, 0.2) is 5.96 Å². The molecule has 0 radical (unpaired) electrons. The topological polar surface area (TPSA) is 56.7 Å². The number of hydrogen-bond donors (Lipinski definition) is 2. The quantitative estimate of drug-likeness (QED) is 0.387. The molecule has 6 heteroatoms. The van der Waals surface area contributed by atoms with Gasteiger partial charge >= 0.3 is 0 Å². The highest BCUT2D eigenvalue weighted by atomic mass is 127. The van der Waals surface area contributed by atoms with Crippen molar-refractivity contribution in [3.05, 3.63) is 30.3 Å². The number of nitrogens with one attached hydrogen (secondary N) is 2. The number of halogens is 1. The minimum atomic E-state index is 0. The first kappa shape index (κ1) is 21.7. The third kappa shape index (κ3) is 8.07. The van der Waals surface area contributed by atoms with E-state index < -0.39 is 0 Å². The molecular formula is C19H31IN4O. The van der Waals surface area contributed by atoms with Gasteiger partial charge in [0.05, 0.1) is 6.54 Å². The largest absolute Gasteiger partial charge is 0.354 e. The van der Waals surface area contributed by atoms with E-state index in [0.29, 0.717) is 13.0 Å². The van der Waals surface area contributed by atoms with Crippen LogP contribution in [0.25, 0.3) is 0 Å². The van der Waals surface area contributed by atoms with Crippen LogP contribution in [0.15, 0.2) is 35.3 Å². The van der Waals surface area contributed by atoms with Gasteiger partial charge in [0.2, 0.25) is 5.91 Å². The van der Waals surface area contributed by atoms with Crippen LogP contribution in [-0.2, 0) is 4.79 Å². The molecule has 1 heterocycles. The van der Waals surface area contributed by atoms with E-state index in [-0.39, 0.29) is 35.9 Å². The molecule has 1 fully saturated rings. The zero-order valence-electron chi connectivity index (χ0n) is 15.3. The van der Waals surface area contributed by atoms with Gasteiger partial charge in [-0.3, -0.25) is 9.79 Å². The van der Waals surface area contributed by atoms with Gasteiger partial charge in [0.25, 0.3) is 0 Å². The van der Waals surface area contributed by atoms with Crippen molar-refractivity contribution >= 4 is 41.5 Å². The summed E-state index contributed by atoms with van der Waals surface area (Å²) in [6.07, 6.45) is 5.06. The predicted molar refractivity (Wildman–Crippen MR) is 116 cm³/mol. The summed E-state index contributed by atoms with van der Waals surface area (Å²) in [4.78, 5) is 18.9. The zero-order chi connectivity index (χ0) is 17.2. The van der Waals surface area contributed by atoms with Gasteiger partial charge in [-0.15, -0.1) is 24.0 Å². The van der Waals surface area contributed by atoms with E-state index in [4.69, 9.17) is 0 Å². The van der Waals surface area contributed by atoms with Crippen molar-refractivity contribution in [3.63, 3.8) is 0 Å². The van der Waals surface area contributed by atoms with Crippen LogP contribution in [0.2, 0.25) is 0 Å². The molecule has 0 saturated carbocycles. The number of aliphatic imine (C=N–C) groups is 1. The Bertz CT molecular complexity index is 529. The number of benzene rings is 1. The van der Waals surface area contributed by atoms with E-state index in [0.717, 1.165) is 31.2 Å². The SMILES string of the molecule is CCC(C)NC(=O)CCN=C(Nc1ccccc1)N1CCCCC1.I. The van der Waals surface area contributed by atoms with Gasteiger partial charge in [-0.1, -0.05) is 25.1 Å². The van der Waals surface area contributed by atoms with E-state index in [1.54, 1.807) is 0 Å². The molecule has 0 aliphatic carbocycles. The molecule has 2 N–H and O–H groups in total. The Hall–Kier alpha value is -1.31. The molecule has 0 aromatic heterocycles. The second-order valence-corrected chi connectivity index (χ2v) is 6.37. The van der Waals surface area contributed by atoms with Crippen molar-refractivity contribution in [2.24, 2.45) is 4.99 Å². The molecule has 25 heavy (non-hydrogen) atoms. The molecule has 1 aromatic rings. The molecule has 1 aromatic carbocycles. The van der Waals surface area contributed by atoms with Crippen molar-refractivity contribution in [2.45, 2.75) is 52.0 Å². The second kappa shape index (κ2) is 12.1. The zero-order valence-corrected chi connectivity index (χ0v) is 17.7. The van der Waals surface area contributed by atoms with Crippen LogP contribution in [0.1, 0.15) is 46.0 Å². The molecule has 1 saturated heterocycles. The van der Waals surface area contributed by atoms with Gasteiger partial charge < -0.3 is 15.5 Å². The van der Waals surface area contributed by atoms with Crippen molar-refractivity contribution in [2.75, 3.05) is 25.0 Å². The van der Waals surface area contributed by atoms with Crippen molar-refractivity contribution in [3.8, 4) is 0 Å². The van der Waals surface area contributed by atoms with Crippen LogP contribution in [0.4, 0.5) is 5.69 Å². The highest BCUT2D eigenvalue weighted by Gasteiger charge is 2.15. The summed E-state index contributed by atoms with van der Waals surface area (Å²) >= 11 is 0. The van der Waals surface area contributed by atoms with Crippen LogP contribution in [0.3, 0.4) is 0 Å². The van der Waals surface area contributed by atoms with Crippen molar-refractivity contribution < 1.29 is 4.79 Å². The molecule has 2 rings (SSSR count). The van der Waals surface area contributed by atoms with Crippen molar-refractivity contribution in [1.29, 1.82) is 0 Å². The maximum absolute atomic E-state index is 11.9. The van der Waals surface area contributed by atoms with E-state index in [1.807, 2.05) is 37.3 Å². The molecule has 1 atom stereocenters. The summed E-state index contributed by atoms with van der Waals surface area (Å²) in [6.45, 7) is 6.65. The van der Waals surface area contributed by atoms with Crippen molar-refractivity contribution in [1.82, 2.24) is 10.2 Å². The number of rotatable bonds is 6. The van der Waals surface area contributed by atoms with Crippen LogP contribution in [0, 0.1) is 0 Å². The monoisotopic (exact) mass is 458 g/mol. The summed E-state index contributed by atoms with van der Waals surface area (Å²) in [5, 5.41) is 6.41. The predicted octanol–water partition coefficient (Wildman–Crippen LogP) is 3.86. The number of nitrogens with zero attached hydrogens (tertiary/aromatic N) is 2. The number of carbonyl (C=O) groups excluding carboxylic acids is 1. The molecule has 0 bridgehead atoms. The van der Waals surface area contributed by atoms with Gasteiger partial charge in [0, 0.05) is 31.2 Å². The summed E-state index contributed by atoms with van der Waals surface area (Å²) in [6, 6.07) is 10.3. The molecule has 5 nitrogen and oxygen atoms in total. The first-order chi connectivity index (χ1) is 11.7. The minimum absolute atomic E-state index is 0. The molecule has 1 unspecified atom stereocenters. The number of piperidine rings is 1. The highest BCUT2D eigenvalue weighted by Crippen LogP contribution is 2.12. The summed E-state index contributed by atoms with van der Waals surface area (Å²) in [5.41, 5.74) is 1.03. The lowest BCUT2D eigenvalue weighted by molar-refractivity contribution is -0.121. The van der Waals surface area contributed by atoms with E-state index in [1.165, 1.54) is 19.3 Å². The Morgan fingerprint density at radius 3 is 2.52 bits per heavy atom. The first-order valence-electron chi connectivity index (χ1n) is 9.10. The molecule has 1 aliphatic heterocycles.